The number of nitrogens with one attached hydrogen (secondary N) is 1. The molecule has 12 heavy (non-hydrogen) atoms. The minimum atomic E-state index is -2.19. The molecule has 0 atom stereocenters. The molecular weight excluding hydrogens is 176 g/mol. The van der Waals surface area contributed by atoms with Crippen LogP contribution in [0.25, 0.3) is 0 Å². The lowest BCUT2D eigenvalue weighted by molar-refractivity contribution is 0.232. The second-order valence-corrected chi connectivity index (χ2v) is 6.09. The van der Waals surface area contributed by atoms with Crippen molar-refractivity contribution in [2.24, 2.45) is 5.73 Å². The van der Waals surface area contributed by atoms with Gasteiger partial charge in [-0.3, -0.25) is 0 Å². The molecule has 0 saturated carbocycles. The van der Waals surface area contributed by atoms with Crippen LogP contribution in [0.4, 0.5) is 4.79 Å². The first-order valence-electron chi connectivity index (χ1n) is 3.74. The Hall–Kier alpha value is -0.593. The molecule has 0 aliphatic carbocycles. The van der Waals surface area contributed by atoms with Gasteiger partial charge >= 0.3 is 14.6 Å². The van der Waals surface area contributed by atoms with Gasteiger partial charge in [0.05, 0.1) is 6.17 Å². The monoisotopic (exact) mass is 192 g/mol. The van der Waals surface area contributed by atoms with E-state index in [4.69, 9.17) is 14.6 Å². The SMILES string of the molecule is CC[Si](CNC(N)=O)(OC)OC. The van der Waals surface area contributed by atoms with Crippen LogP contribution in [0.1, 0.15) is 6.92 Å². The molecule has 5 nitrogen and oxygen atoms in total. The molecule has 0 fully saturated rings. The van der Waals surface area contributed by atoms with Crippen LogP contribution in [0.15, 0.2) is 0 Å². The number of nitrogens with two attached hydrogens (primary N) is 1. The highest BCUT2D eigenvalue weighted by Gasteiger charge is 2.33. The Morgan fingerprint density at radius 2 is 2.00 bits per heavy atom. The molecular formula is C6H16N2O3Si. The summed E-state index contributed by atoms with van der Waals surface area (Å²) >= 11 is 0. The molecule has 0 unspecified atom stereocenters. The smallest absolute Gasteiger partial charge is 0.357 e. The zero-order valence-corrected chi connectivity index (χ0v) is 8.72. The van der Waals surface area contributed by atoms with Crippen molar-refractivity contribution in [3.8, 4) is 0 Å². The molecule has 0 radical (unpaired) electrons. The van der Waals surface area contributed by atoms with E-state index in [9.17, 15) is 4.79 Å². The van der Waals surface area contributed by atoms with Crippen molar-refractivity contribution in [2.45, 2.75) is 13.0 Å². The number of urea groups is 1. The van der Waals surface area contributed by atoms with Gasteiger partial charge in [-0.1, -0.05) is 6.92 Å². The van der Waals surface area contributed by atoms with E-state index in [0.29, 0.717) is 6.17 Å². The van der Waals surface area contributed by atoms with Gasteiger partial charge in [-0.2, -0.15) is 0 Å². The van der Waals surface area contributed by atoms with Crippen molar-refractivity contribution in [3.05, 3.63) is 0 Å². The molecule has 0 aromatic carbocycles. The van der Waals surface area contributed by atoms with E-state index in [-0.39, 0.29) is 0 Å². The van der Waals surface area contributed by atoms with Crippen LogP contribution in [0.2, 0.25) is 6.04 Å². The van der Waals surface area contributed by atoms with Gasteiger partial charge in [-0.15, -0.1) is 0 Å². The normalized spacial score (nSPS) is 11.2. The third-order valence-electron chi connectivity index (χ3n) is 1.81. The summed E-state index contributed by atoms with van der Waals surface area (Å²) in [4.78, 5) is 10.4. The maximum absolute atomic E-state index is 10.4. The van der Waals surface area contributed by atoms with Crippen LogP contribution < -0.4 is 11.1 Å². The predicted molar refractivity (Wildman–Crippen MR) is 47.8 cm³/mol. The summed E-state index contributed by atoms with van der Waals surface area (Å²) in [5, 5.41) is 2.49. The van der Waals surface area contributed by atoms with Crippen LogP contribution in [0.5, 0.6) is 0 Å². The van der Waals surface area contributed by atoms with Crippen LogP contribution in [0.3, 0.4) is 0 Å². The Bertz CT molecular complexity index is 141. The first-order chi connectivity index (χ1) is 5.60. The summed E-state index contributed by atoms with van der Waals surface area (Å²) in [5.41, 5.74) is 4.92. The maximum Gasteiger partial charge on any atom is 0.357 e. The molecule has 0 aliphatic rings. The molecule has 0 aliphatic heterocycles. The van der Waals surface area contributed by atoms with E-state index in [1.807, 2.05) is 6.92 Å². The molecule has 0 heterocycles. The highest BCUT2D eigenvalue weighted by Crippen LogP contribution is 2.08. The van der Waals surface area contributed by atoms with Crippen molar-refractivity contribution in [3.63, 3.8) is 0 Å². The fourth-order valence-corrected chi connectivity index (χ4v) is 2.59. The highest BCUT2D eigenvalue weighted by molar-refractivity contribution is 6.67. The summed E-state index contributed by atoms with van der Waals surface area (Å²) in [6, 6.07) is 0.231. The van der Waals surface area contributed by atoms with Gasteiger partial charge in [0.1, 0.15) is 0 Å². The molecule has 72 valence electrons. The lowest BCUT2D eigenvalue weighted by Crippen LogP contribution is -2.51. The van der Waals surface area contributed by atoms with Crippen molar-refractivity contribution in [2.75, 3.05) is 20.4 Å². The summed E-state index contributed by atoms with van der Waals surface area (Å²) in [6.45, 7) is 1.96. The van der Waals surface area contributed by atoms with Crippen LogP contribution in [0, 0.1) is 0 Å². The molecule has 0 spiro atoms. The molecule has 0 bridgehead atoms. The van der Waals surface area contributed by atoms with E-state index in [2.05, 4.69) is 5.32 Å². The zero-order chi connectivity index (χ0) is 9.61. The van der Waals surface area contributed by atoms with Gasteiger partial charge in [0.25, 0.3) is 0 Å². The van der Waals surface area contributed by atoms with Crippen molar-refractivity contribution in [1.29, 1.82) is 0 Å². The van der Waals surface area contributed by atoms with E-state index in [1.165, 1.54) is 0 Å². The largest absolute Gasteiger partial charge is 0.397 e. The molecule has 0 rings (SSSR count). The van der Waals surface area contributed by atoms with Crippen molar-refractivity contribution in [1.82, 2.24) is 5.32 Å². The molecule has 6 heteroatoms. The Morgan fingerprint density at radius 3 is 2.25 bits per heavy atom. The molecule has 0 aromatic heterocycles. The highest BCUT2D eigenvalue weighted by atomic mass is 28.4. The van der Waals surface area contributed by atoms with E-state index in [1.54, 1.807) is 14.2 Å². The number of carbonyl (C=O) groups excluding carboxylic acids is 1. The molecule has 0 saturated heterocycles. The predicted octanol–water partition coefficient (Wildman–Crippen LogP) is -0.0512. The van der Waals surface area contributed by atoms with E-state index >= 15 is 0 Å². The fraction of sp³-hybridized carbons (Fsp3) is 0.833. The number of rotatable bonds is 5. The summed E-state index contributed by atoms with van der Waals surface area (Å²) < 4.78 is 10.5. The Morgan fingerprint density at radius 1 is 1.50 bits per heavy atom. The number of amides is 2. The maximum atomic E-state index is 10.4. The first kappa shape index (κ1) is 11.4. The zero-order valence-electron chi connectivity index (χ0n) is 7.72. The van der Waals surface area contributed by atoms with Gasteiger partial charge in [-0.05, 0) is 6.04 Å². The van der Waals surface area contributed by atoms with Crippen LogP contribution in [-0.2, 0) is 8.85 Å². The Labute approximate surface area is 73.5 Å². The lowest BCUT2D eigenvalue weighted by atomic mass is 11.0. The van der Waals surface area contributed by atoms with Gasteiger partial charge in [-0.25, -0.2) is 4.79 Å². The number of hydrogen-bond donors (Lipinski definition) is 2. The van der Waals surface area contributed by atoms with Gasteiger partial charge < -0.3 is 19.9 Å². The van der Waals surface area contributed by atoms with Crippen molar-refractivity contribution < 1.29 is 13.6 Å². The minimum Gasteiger partial charge on any atom is -0.397 e. The standard InChI is InChI=1S/C6H16N2O3Si/c1-4-12(10-2,11-3)5-8-6(7)9/h4-5H2,1-3H3,(H3,7,8,9). The number of carbonyl (C=O) groups is 1. The first-order valence-corrected chi connectivity index (χ1v) is 5.97. The van der Waals surface area contributed by atoms with E-state index in [0.717, 1.165) is 6.04 Å². The number of hydrogen-bond acceptors (Lipinski definition) is 3. The third-order valence-corrected chi connectivity index (χ3v) is 5.10. The average Bonchev–Trinajstić information content (AvgIpc) is 2.08. The lowest BCUT2D eigenvalue weighted by Gasteiger charge is -2.25. The van der Waals surface area contributed by atoms with Gasteiger partial charge in [0, 0.05) is 14.2 Å². The van der Waals surface area contributed by atoms with Crippen LogP contribution in [-0.4, -0.2) is 35.0 Å². The van der Waals surface area contributed by atoms with Crippen LogP contribution >= 0.6 is 0 Å². The minimum absolute atomic E-state index is 0.395. The van der Waals surface area contributed by atoms with E-state index < -0.39 is 14.6 Å². The average molecular weight is 192 g/mol. The molecule has 3 N–H and O–H groups in total. The number of primary amides is 1. The second-order valence-electron chi connectivity index (χ2n) is 2.39. The Kier molecular flexibility index (Phi) is 4.87. The van der Waals surface area contributed by atoms with Gasteiger partial charge in [0.2, 0.25) is 0 Å². The van der Waals surface area contributed by atoms with Gasteiger partial charge in [0.15, 0.2) is 0 Å². The Balaban J connectivity index is 4.01. The molecule has 0 aromatic rings. The van der Waals surface area contributed by atoms with Crippen molar-refractivity contribution >= 4 is 14.6 Å². The second kappa shape index (κ2) is 5.12. The summed E-state index contributed by atoms with van der Waals surface area (Å²) in [5.74, 6) is 0. The third kappa shape index (κ3) is 3.20. The quantitative estimate of drug-likeness (QED) is 0.600. The summed E-state index contributed by atoms with van der Waals surface area (Å²) in [6.07, 6.45) is 0.395. The topological polar surface area (TPSA) is 73.6 Å². The fourth-order valence-electron chi connectivity index (χ4n) is 0.863. The summed E-state index contributed by atoms with van der Waals surface area (Å²) in [7, 11) is 0.978. The molecule has 2 amide bonds.